The van der Waals surface area contributed by atoms with Crippen LogP contribution in [0.1, 0.15) is 21.5 Å². The summed E-state index contributed by atoms with van der Waals surface area (Å²) in [5, 5.41) is 20.4. The largest absolute Gasteiger partial charge is 0.508 e. The van der Waals surface area contributed by atoms with E-state index in [1.165, 1.54) is 30.3 Å². The Morgan fingerprint density at radius 2 is 2.00 bits per heavy atom. The monoisotopic (exact) mass is 297 g/mol. The highest BCUT2D eigenvalue weighted by Crippen LogP contribution is 2.34. The number of phenols is 1. The van der Waals surface area contributed by atoms with E-state index < -0.39 is 4.92 Å². The van der Waals surface area contributed by atoms with Gasteiger partial charge in [-0.3, -0.25) is 14.9 Å². The summed E-state index contributed by atoms with van der Waals surface area (Å²) in [7, 11) is 0. The Balaban J connectivity index is 1.99. The van der Waals surface area contributed by atoms with Gasteiger partial charge in [0.1, 0.15) is 11.5 Å². The fourth-order valence-corrected chi connectivity index (χ4v) is 2.24. The van der Waals surface area contributed by atoms with Crippen LogP contribution in [0.3, 0.4) is 0 Å². The van der Waals surface area contributed by atoms with E-state index in [1.807, 2.05) is 0 Å². The van der Waals surface area contributed by atoms with E-state index in [1.54, 1.807) is 19.1 Å². The minimum Gasteiger partial charge on any atom is -0.508 e. The van der Waals surface area contributed by atoms with Crippen molar-refractivity contribution in [3.05, 3.63) is 69.0 Å². The first-order valence-electron chi connectivity index (χ1n) is 6.48. The number of rotatable bonds is 2. The molecule has 1 N–H and O–H groups in total. The van der Waals surface area contributed by atoms with Crippen molar-refractivity contribution >= 4 is 17.5 Å². The van der Waals surface area contributed by atoms with Crippen molar-refractivity contribution in [3.63, 3.8) is 0 Å². The standard InChI is InChI=1S/C16H11NO5/c1-9-2-3-10(6-13(9)17(20)21)7-15-16(19)12-5-4-11(18)8-14(12)22-15/h2-8,18H,1H3/b15-7-. The minimum absolute atomic E-state index is 0.00114. The molecule has 110 valence electrons. The molecule has 0 aliphatic carbocycles. The zero-order valence-electron chi connectivity index (χ0n) is 11.6. The van der Waals surface area contributed by atoms with Crippen LogP contribution >= 0.6 is 0 Å². The van der Waals surface area contributed by atoms with E-state index in [9.17, 15) is 20.0 Å². The molecule has 0 aromatic heterocycles. The van der Waals surface area contributed by atoms with Crippen molar-refractivity contribution in [2.45, 2.75) is 6.92 Å². The predicted molar refractivity (Wildman–Crippen MR) is 78.9 cm³/mol. The Kier molecular flexibility index (Phi) is 3.14. The number of benzene rings is 2. The number of carbonyl (C=O) groups is 1. The highest BCUT2D eigenvalue weighted by Gasteiger charge is 2.27. The van der Waals surface area contributed by atoms with Crippen LogP contribution in [0.2, 0.25) is 0 Å². The topological polar surface area (TPSA) is 89.7 Å². The van der Waals surface area contributed by atoms with Gasteiger partial charge in [-0.1, -0.05) is 12.1 Å². The van der Waals surface area contributed by atoms with Crippen LogP contribution in [0.5, 0.6) is 11.5 Å². The molecule has 0 spiro atoms. The Hall–Kier alpha value is -3.15. The molecular formula is C16H11NO5. The molecule has 0 bridgehead atoms. The summed E-state index contributed by atoms with van der Waals surface area (Å²) in [4.78, 5) is 22.7. The Morgan fingerprint density at radius 1 is 1.23 bits per heavy atom. The molecule has 1 aliphatic rings. The summed E-state index contributed by atoms with van der Waals surface area (Å²) < 4.78 is 5.42. The number of nitrogens with zero attached hydrogens (tertiary/aromatic N) is 1. The summed E-state index contributed by atoms with van der Waals surface area (Å²) >= 11 is 0. The zero-order valence-corrected chi connectivity index (χ0v) is 11.6. The number of ketones is 1. The van der Waals surface area contributed by atoms with Gasteiger partial charge in [-0.25, -0.2) is 0 Å². The van der Waals surface area contributed by atoms with Crippen molar-refractivity contribution in [1.29, 1.82) is 0 Å². The second kappa shape index (κ2) is 5.00. The smallest absolute Gasteiger partial charge is 0.272 e. The number of ether oxygens (including phenoxy) is 1. The molecule has 0 unspecified atom stereocenters. The number of phenolic OH excluding ortho intramolecular Hbond substituents is 1. The molecule has 3 rings (SSSR count). The van der Waals surface area contributed by atoms with Crippen LogP contribution in [0.4, 0.5) is 5.69 Å². The number of nitro benzene ring substituents is 1. The molecule has 6 nitrogen and oxygen atoms in total. The third-order valence-electron chi connectivity index (χ3n) is 3.38. The fraction of sp³-hybridized carbons (Fsp3) is 0.0625. The number of hydrogen-bond acceptors (Lipinski definition) is 5. The summed E-state index contributed by atoms with van der Waals surface area (Å²) in [5.74, 6) is 0.0219. The van der Waals surface area contributed by atoms with Crippen molar-refractivity contribution in [2.24, 2.45) is 0 Å². The van der Waals surface area contributed by atoms with Crippen molar-refractivity contribution in [2.75, 3.05) is 0 Å². The second-order valence-electron chi connectivity index (χ2n) is 4.92. The van der Waals surface area contributed by atoms with Gasteiger partial charge in [0.25, 0.3) is 5.69 Å². The van der Waals surface area contributed by atoms with Gasteiger partial charge in [0.2, 0.25) is 5.78 Å². The lowest BCUT2D eigenvalue weighted by molar-refractivity contribution is -0.385. The first-order chi connectivity index (χ1) is 10.5. The number of hydrogen-bond donors (Lipinski definition) is 1. The molecule has 2 aromatic carbocycles. The molecule has 0 atom stereocenters. The number of Topliss-reactive ketones (excluding diaryl/α,β-unsaturated/α-hetero) is 1. The number of carbonyl (C=O) groups excluding carboxylic acids is 1. The van der Waals surface area contributed by atoms with Crippen LogP contribution in [0.25, 0.3) is 6.08 Å². The fourth-order valence-electron chi connectivity index (χ4n) is 2.24. The minimum atomic E-state index is -0.471. The third kappa shape index (κ3) is 2.31. The van der Waals surface area contributed by atoms with Crippen molar-refractivity contribution < 1.29 is 19.6 Å². The van der Waals surface area contributed by atoms with Gasteiger partial charge in [0.05, 0.1) is 10.5 Å². The average molecular weight is 297 g/mol. The molecule has 1 aliphatic heterocycles. The van der Waals surface area contributed by atoms with Crippen molar-refractivity contribution in [1.82, 2.24) is 0 Å². The van der Waals surface area contributed by atoms with Gasteiger partial charge in [0.15, 0.2) is 5.76 Å². The lowest BCUT2D eigenvalue weighted by Gasteiger charge is -2.01. The normalized spacial score (nSPS) is 14.8. The first kappa shape index (κ1) is 13.8. The Morgan fingerprint density at radius 3 is 2.73 bits per heavy atom. The molecular weight excluding hydrogens is 286 g/mol. The number of aryl methyl sites for hydroxylation is 1. The SMILES string of the molecule is Cc1ccc(/C=C2\Oc3cc(O)ccc3C2=O)cc1[N+](=O)[O-]. The highest BCUT2D eigenvalue weighted by molar-refractivity contribution is 6.14. The third-order valence-corrected chi connectivity index (χ3v) is 3.38. The van der Waals surface area contributed by atoms with E-state index in [-0.39, 0.29) is 28.7 Å². The molecule has 6 heteroatoms. The van der Waals surface area contributed by atoms with Gasteiger partial charge >= 0.3 is 0 Å². The zero-order chi connectivity index (χ0) is 15.9. The van der Waals surface area contributed by atoms with Crippen LogP contribution in [0, 0.1) is 17.0 Å². The number of fused-ring (bicyclic) bond motifs is 1. The second-order valence-corrected chi connectivity index (χ2v) is 4.92. The van der Waals surface area contributed by atoms with Crippen LogP contribution in [0.15, 0.2) is 42.2 Å². The Labute approximate surface area is 125 Å². The molecule has 22 heavy (non-hydrogen) atoms. The van der Waals surface area contributed by atoms with Crippen molar-refractivity contribution in [3.8, 4) is 11.5 Å². The maximum absolute atomic E-state index is 12.2. The van der Waals surface area contributed by atoms with Crippen LogP contribution in [-0.4, -0.2) is 15.8 Å². The van der Waals surface area contributed by atoms with Gasteiger partial charge in [0, 0.05) is 17.7 Å². The number of allylic oxidation sites excluding steroid dienone is 1. The Bertz CT molecular complexity index is 838. The van der Waals surface area contributed by atoms with Gasteiger partial charge in [-0.05, 0) is 30.7 Å². The summed E-state index contributed by atoms with van der Waals surface area (Å²) in [6.07, 6.45) is 1.45. The van der Waals surface area contributed by atoms with E-state index in [2.05, 4.69) is 0 Å². The predicted octanol–water partition coefficient (Wildman–Crippen LogP) is 3.23. The molecule has 0 fully saturated rings. The van der Waals surface area contributed by atoms with Gasteiger partial charge < -0.3 is 9.84 Å². The van der Waals surface area contributed by atoms with Crippen LogP contribution < -0.4 is 4.74 Å². The first-order valence-corrected chi connectivity index (χ1v) is 6.48. The molecule has 1 heterocycles. The molecule has 0 amide bonds. The van der Waals surface area contributed by atoms with Gasteiger partial charge in [-0.15, -0.1) is 0 Å². The van der Waals surface area contributed by atoms with E-state index in [0.29, 0.717) is 16.7 Å². The quantitative estimate of drug-likeness (QED) is 0.522. The van der Waals surface area contributed by atoms with Gasteiger partial charge in [-0.2, -0.15) is 0 Å². The summed E-state index contributed by atoms with van der Waals surface area (Å²) in [6, 6.07) is 8.91. The average Bonchev–Trinajstić information content (AvgIpc) is 2.76. The lowest BCUT2D eigenvalue weighted by Crippen LogP contribution is -1.98. The lowest BCUT2D eigenvalue weighted by atomic mass is 10.1. The molecule has 2 aromatic rings. The molecule has 0 radical (unpaired) electrons. The highest BCUT2D eigenvalue weighted by atomic mass is 16.6. The number of nitro groups is 1. The molecule has 0 saturated heterocycles. The van der Waals surface area contributed by atoms with E-state index >= 15 is 0 Å². The number of aromatic hydroxyl groups is 1. The van der Waals surface area contributed by atoms with E-state index in [4.69, 9.17) is 4.74 Å². The van der Waals surface area contributed by atoms with Crippen LogP contribution in [-0.2, 0) is 0 Å². The maximum atomic E-state index is 12.2. The van der Waals surface area contributed by atoms with E-state index in [0.717, 1.165) is 0 Å². The summed E-state index contributed by atoms with van der Waals surface area (Å²) in [6.45, 7) is 1.64. The summed E-state index contributed by atoms with van der Waals surface area (Å²) in [5.41, 5.74) is 1.37. The molecule has 0 saturated carbocycles. The maximum Gasteiger partial charge on any atom is 0.272 e.